The lowest BCUT2D eigenvalue weighted by Gasteiger charge is -2.31. The van der Waals surface area contributed by atoms with Crippen LogP contribution in [0.3, 0.4) is 0 Å². The van der Waals surface area contributed by atoms with Crippen LogP contribution >= 0.6 is 0 Å². The van der Waals surface area contributed by atoms with Crippen LogP contribution in [0.4, 0.5) is 4.79 Å². The van der Waals surface area contributed by atoms with E-state index in [1.54, 1.807) is 21.1 Å². The maximum Gasteiger partial charge on any atom is 0.317 e. The molecule has 0 bridgehead atoms. The maximum atomic E-state index is 12.4. The minimum absolute atomic E-state index is 0.0799. The number of carbonyl (C=O) groups is 2. The van der Waals surface area contributed by atoms with E-state index in [0.29, 0.717) is 6.54 Å². The number of hydrogen-bond donors (Lipinski definition) is 2. The van der Waals surface area contributed by atoms with E-state index in [1.807, 2.05) is 18.2 Å². The summed E-state index contributed by atoms with van der Waals surface area (Å²) in [7, 11) is 3.28. The lowest BCUT2D eigenvalue weighted by Crippen LogP contribution is -2.46. The minimum Gasteiger partial charge on any atom is -0.497 e. The van der Waals surface area contributed by atoms with Gasteiger partial charge in [0, 0.05) is 25.6 Å². The topological polar surface area (TPSA) is 78.9 Å². The number of carboxylic acids is 1. The molecule has 1 fully saturated rings. The molecule has 2 amide bonds. The Balaban J connectivity index is 2.04. The zero-order chi connectivity index (χ0) is 18.4. The van der Waals surface area contributed by atoms with Crippen LogP contribution in [0.15, 0.2) is 24.3 Å². The van der Waals surface area contributed by atoms with E-state index in [1.165, 1.54) is 10.5 Å². The quantitative estimate of drug-likeness (QED) is 0.794. The molecule has 1 aliphatic carbocycles. The van der Waals surface area contributed by atoms with E-state index in [9.17, 15) is 9.59 Å². The molecule has 6 nitrogen and oxygen atoms in total. The van der Waals surface area contributed by atoms with Crippen molar-refractivity contribution in [3.8, 4) is 5.75 Å². The van der Waals surface area contributed by atoms with Gasteiger partial charge in [-0.2, -0.15) is 0 Å². The summed E-state index contributed by atoms with van der Waals surface area (Å²) in [6, 6.07) is 7.81. The molecule has 0 aliphatic heterocycles. The number of aliphatic carboxylic acids is 1. The van der Waals surface area contributed by atoms with E-state index in [2.05, 4.69) is 11.4 Å². The van der Waals surface area contributed by atoms with Crippen LogP contribution in [0.2, 0.25) is 0 Å². The van der Waals surface area contributed by atoms with Crippen molar-refractivity contribution >= 4 is 12.0 Å². The van der Waals surface area contributed by atoms with E-state index in [4.69, 9.17) is 9.84 Å². The number of amides is 2. The molecule has 138 valence electrons. The molecule has 1 saturated carbocycles. The summed E-state index contributed by atoms with van der Waals surface area (Å²) < 4.78 is 5.34. The van der Waals surface area contributed by atoms with Crippen molar-refractivity contribution in [2.24, 2.45) is 5.92 Å². The second kappa shape index (κ2) is 8.23. The fourth-order valence-electron chi connectivity index (χ4n) is 3.52. The Kier molecular flexibility index (Phi) is 6.28. The molecule has 0 saturated heterocycles. The first-order valence-corrected chi connectivity index (χ1v) is 8.74. The summed E-state index contributed by atoms with van der Waals surface area (Å²) in [5.74, 6) is -0.666. The summed E-state index contributed by atoms with van der Waals surface area (Å²) in [6.07, 6.45) is 4.32. The number of nitrogens with zero attached hydrogens (tertiary/aromatic N) is 1. The van der Waals surface area contributed by atoms with Gasteiger partial charge in [0.25, 0.3) is 0 Å². The molecule has 1 unspecified atom stereocenters. The second-order valence-corrected chi connectivity index (χ2v) is 7.00. The number of ether oxygens (including phenoxy) is 1. The average Bonchev–Trinajstić information content (AvgIpc) is 3.09. The van der Waals surface area contributed by atoms with Crippen LogP contribution in [0.5, 0.6) is 5.75 Å². The highest BCUT2D eigenvalue weighted by Crippen LogP contribution is 2.41. The SMILES string of the molecule is COc1cccc(C2(CNC(=O)N(C)CC(C)C(=O)O)CCCC2)c1. The lowest BCUT2D eigenvalue weighted by molar-refractivity contribution is -0.141. The zero-order valence-electron chi connectivity index (χ0n) is 15.2. The zero-order valence-corrected chi connectivity index (χ0v) is 15.2. The highest BCUT2D eigenvalue weighted by molar-refractivity contribution is 5.75. The molecule has 0 radical (unpaired) electrons. The van der Waals surface area contributed by atoms with E-state index < -0.39 is 11.9 Å². The Morgan fingerprint density at radius 2 is 2.04 bits per heavy atom. The van der Waals surface area contributed by atoms with Crippen LogP contribution < -0.4 is 10.1 Å². The van der Waals surface area contributed by atoms with Crippen molar-refractivity contribution in [3.05, 3.63) is 29.8 Å². The predicted octanol–water partition coefficient (Wildman–Crippen LogP) is 2.87. The van der Waals surface area contributed by atoms with E-state index in [-0.39, 0.29) is 18.0 Å². The van der Waals surface area contributed by atoms with Crippen molar-refractivity contribution in [2.75, 3.05) is 27.2 Å². The summed E-state index contributed by atoms with van der Waals surface area (Å²) >= 11 is 0. The number of benzene rings is 1. The molecule has 2 N–H and O–H groups in total. The van der Waals surface area contributed by atoms with Crippen LogP contribution in [0, 0.1) is 5.92 Å². The van der Waals surface area contributed by atoms with Crippen molar-refractivity contribution in [3.63, 3.8) is 0 Å². The fourth-order valence-corrected chi connectivity index (χ4v) is 3.52. The molecule has 25 heavy (non-hydrogen) atoms. The van der Waals surface area contributed by atoms with Crippen molar-refractivity contribution in [2.45, 2.75) is 38.0 Å². The van der Waals surface area contributed by atoms with Crippen LogP contribution in [0.25, 0.3) is 0 Å². The van der Waals surface area contributed by atoms with Gasteiger partial charge in [-0.05, 0) is 30.5 Å². The van der Waals surface area contributed by atoms with Crippen LogP contribution in [-0.2, 0) is 10.2 Å². The average molecular weight is 348 g/mol. The van der Waals surface area contributed by atoms with Crippen molar-refractivity contribution in [1.82, 2.24) is 10.2 Å². The predicted molar refractivity (Wildman–Crippen MR) is 96.0 cm³/mol. The number of nitrogens with one attached hydrogen (secondary N) is 1. The molecule has 0 aromatic heterocycles. The Labute approximate surface area is 149 Å². The molecule has 6 heteroatoms. The highest BCUT2D eigenvalue weighted by atomic mass is 16.5. The van der Waals surface area contributed by atoms with Gasteiger partial charge in [-0.15, -0.1) is 0 Å². The first-order chi connectivity index (χ1) is 11.9. The van der Waals surface area contributed by atoms with E-state index >= 15 is 0 Å². The minimum atomic E-state index is -0.900. The normalized spacial score (nSPS) is 16.9. The molecule has 2 rings (SSSR count). The number of rotatable bonds is 7. The van der Waals surface area contributed by atoms with Gasteiger partial charge in [0.1, 0.15) is 5.75 Å². The lowest BCUT2D eigenvalue weighted by atomic mass is 9.78. The number of methoxy groups -OCH3 is 1. The van der Waals surface area contributed by atoms with Gasteiger partial charge >= 0.3 is 12.0 Å². The molecule has 1 atom stereocenters. The molecule has 1 aromatic rings. The fraction of sp³-hybridized carbons (Fsp3) is 0.579. The molecular formula is C19H28N2O4. The Morgan fingerprint density at radius 1 is 1.36 bits per heavy atom. The Hall–Kier alpha value is -2.24. The number of carboxylic acid groups (broad SMARTS) is 1. The molecule has 1 aliphatic rings. The summed E-state index contributed by atoms with van der Waals surface area (Å²) in [5, 5.41) is 12.0. The smallest absolute Gasteiger partial charge is 0.317 e. The van der Waals surface area contributed by atoms with Crippen LogP contribution in [-0.4, -0.2) is 49.3 Å². The standard InChI is InChI=1S/C19H28N2O4/c1-14(17(22)23)12-21(2)18(24)20-13-19(9-4-5-10-19)15-7-6-8-16(11-15)25-3/h6-8,11,14H,4-5,9-10,12-13H2,1-3H3,(H,20,24)(H,22,23). The van der Waals surface area contributed by atoms with Gasteiger partial charge in [0.05, 0.1) is 13.0 Å². The maximum absolute atomic E-state index is 12.4. The van der Waals surface area contributed by atoms with Crippen molar-refractivity contribution in [1.29, 1.82) is 0 Å². The molecule has 0 heterocycles. The highest BCUT2D eigenvalue weighted by Gasteiger charge is 2.36. The molecular weight excluding hydrogens is 320 g/mol. The largest absolute Gasteiger partial charge is 0.497 e. The first-order valence-electron chi connectivity index (χ1n) is 8.74. The second-order valence-electron chi connectivity index (χ2n) is 7.00. The van der Waals surface area contributed by atoms with Gasteiger partial charge in [0.15, 0.2) is 0 Å². The summed E-state index contributed by atoms with van der Waals surface area (Å²) in [6.45, 7) is 2.33. The third-order valence-corrected chi connectivity index (χ3v) is 5.14. The summed E-state index contributed by atoms with van der Waals surface area (Å²) in [5.41, 5.74) is 1.11. The third-order valence-electron chi connectivity index (χ3n) is 5.14. The third kappa shape index (κ3) is 4.65. The number of carbonyl (C=O) groups excluding carboxylic acids is 1. The van der Waals surface area contributed by atoms with Gasteiger partial charge in [-0.3, -0.25) is 4.79 Å². The number of urea groups is 1. The Morgan fingerprint density at radius 3 is 2.64 bits per heavy atom. The Bertz CT molecular complexity index is 611. The van der Waals surface area contributed by atoms with Gasteiger partial charge in [-0.1, -0.05) is 31.9 Å². The number of hydrogen-bond acceptors (Lipinski definition) is 3. The van der Waals surface area contributed by atoms with Gasteiger partial charge < -0.3 is 20.1 Å². The molecule has 1 aromatic carbocycles. The monoisotopic (exact) mass is 348 g/mol. The first kappa shape index (κ1) is 19.1. The van der Waals surface area contributed by atoms with Crippen molar-refractivity contribution < 1.29 is 19.4 Å². The van der Waals surface area contributed by atoms with Gasteiger partial charge in [-0.25, -0.2) is 4.79 Å². The molecule has 0 spiro atoms. The van der Waals surface area contributed by atoms with Crippen LogP contribution in [0.1, 0.15) is 38.2 Å². The van der Waals surface area contributed by atoms with E-state index in [0.717, 1.165) is 31.4 Å². The summed E-state index contributed by atoms with van der Waals surface area (Å²) in [4.78, 5) is 24.7. The van der Waals surface area contributed by atoms with Gasteiger partial charge in [0.2, 0.25) is 0 Å².